The molecule has 2 heteroatoms. The Morgan fingerprint density at radius 3 is 2.00 bits per heavy atom. The molecule has 0 bridgehead atoms. The molecule has 0 atom stereocenters. The highest BCUT2D eigenvalue weighted by Gasteiger charge is 2.37. The van der Waals surface area contributed by atoms with Crippen molar-refractivity contribution in [1.82, 2.24) is 0 Å². The van der Waals surface area contributed by atoms with Gasteiger partial charge in [-0.2, -0.15) is 0 Å². The van der Waals surface area contributed by atoms with Gasteiger partial charge >= 0.3 is 0 Å². The molecule has 1 aliphatic carbocycles. The molecule has 1 aliphatic rings. The van der Waals surface area contributed by atoms with Crippen LogP contribution in [0, 0.1) is 5.41 Å². The molecular weight excluding hydrogens is 312 g/mol. The van der Waals surface area contributed by atoms with Crippen molar-refractivity contribution in [2.75, 3.05) is 11.9 Å². The first kappa shape index (κ1) is 15.9. The molecule has 1 nitrogen and oxygen atoms in total. The quantitative estimate of drug-likeness (QED) is 0.588. The molecule has 20 heavy (non-hydrogen) atoms. The number of benzene rings is 1. The summed E-state index contributed by atoms with van der Waals surface area (Å²) in [6.07, 6.45) is 3.93. The summed E-state index contributed by atoms with van der Waals surface area (Å²) in [7, 11) is 0. The van der Waals surface area contributed by atoms with Gasteiger partial charge in [0.15, 0.2) is 0 Å². The summed E-state index contributed by atoms with van der Waals surface area (Å²) in [6.45, 7) is 9.83. The second-order valence-electron chi connectivity index (χ2n) is 6.85. The summed E-state index contributed by atoms with van der Waals surface area (Å²) in [5.74, 6) is 2.15. The van der Waals surface area contributed by atoms with E-state index >= 15 is 0 Å². The Morgan fingerprint density at radius 2 is 1.65 bits per heavy atom. The van der Waals surface area contributed by atoms with Crippen LogP contribution >= 0.6 is 15.9 Å². The smallest absolute Gasteiger partial charge is 0.126 e. The standard InChI is InChI=1S/C18H27BrO/c1-13(2)15-7-5-8-16(14(3)4)17(15)20-12-18(11-19)9-6-10-18/h5,7-8,13-14H,6,9-12H2,1-4H3. The topological polar surface area (TPSA) is 9.23 Å². The molecule has 2 rings (SSSR count). The number of ether oxygens (including phenoxy) is 1. The van der Waals surface area contributed by atoms with Crippen molar-refractivity contribution >= 4 is 15.9 Å². The van der Waals surface area contributed by atoms with Crippen molar-refractivity contribution in [2.24, 2.45) is 5.41 Å². The van der Waals surface area contributed by atoms with E-state index in [2.05, 4.69) is 61.8 Å². The summed E-state index contributed by atoms with van der Waals surface area (Å²) >= 11 is 3.67. The minimum atomic E-state index is 0.373. The fourth-order valence-corrected chi connectivity index (χ4v) is 3.59. The predicted molar refractivity (Wildman–Crippen MR) is 90.2 cm³/mol. The lowest BCUT2D eigenvalue weighted by molar-refractivity contribution is 0.0823. The van der Waals surface area contributed by atoms with Crippen LogP contribution in [0.3, 0.4) is 0 Å². The van der Waals surface area contributed by atoms with Crippen LogP contribution in [0.4, 0.5) is 0 Å². The van der Waals surface area contributed by atoms with Crippen LogP contribution in [0.2, 0.25) is 0 Å². The maximum atomic E-state index is 6.36. The maximum Gasteiger partial charge on any atom is 0.126 e. The molecule has 1 fully saturated rings. The Kier molecular flexibility index (Phi) is 5.17. The molecular formula is C18H27BrO. The van der Waals surface area contributed by atoms with Crippen molar-refractivity contribution in [3.05, 3.63) is 29.3 Å². The zero-order chi connectivity index (χ0) is 14.8. The highest BCUT2D eigenvalue weighted by Crippen LogP contribution is 2.44. The zero-order valence-electron chi connectivity index (χ0n) is 13.2. The molecule has 0 aliphatic heterocycles. The largest absolute Gasteiger partial charge is 0.492 e. The SMILES string of the molecule is CC(C)c1cccc(C(C)C)c1OCC1(CBr)CCC1. The molecule has 0 spiro atoms. The van der Waals surface area contributed by atoms with E-state index in [-0.39, 0.29) is 0 Å². The average Bonchev–Trinajstić information content (AvgIpc) is 2.37. The fraction of sp³-hybridized carbons (Fsp3) is 0.667. The molecule has 0 N–H and O–H groups in total. The van der Waals surface area contributed by atoms with Gasteiger partial charge < -0.3 is 4.74 Å². The molecule has 0 heterocycles. The Hall–Kier alpha value is -0.500. The van der Waals surface area contributed by atoms with Crippen LogP contribution in [-0.2, 0) is 0 Å². The lowest BCUT2D eigenvalue weighted by atomic mass is 9.71. The van der Waals surface area contributed by atoms with Gasteiger partial charge in [0.05, 0.1) is 6.61 Å². The molecule has 0 unspecified atom stereocenters. The number of halogens is 1. The number of para-hydroxylation sites is 1. The van der Waals surface area contributed by atoms with Gasteiger partial charge in [-0.25, -0.2) is 0 Å². The van der Waals surface area contributed by atoms with Gasteiger partial charge in [-0.05, 0) is 35.8 Å². The van der Waals surface area contributed by atoms with Gasteiger partial charge in [-0.15, -0.1) is 0 Å². The Morgan fingerprint density at radius 1 is 1.10 bits per heavy atom. The third-order valence-corrected chi connectivity index (χ3v) is 5.73. The summed E-state index contributed by atoms with van der Waals surface area (Å²) in [4.78, 5) is 0. The lowest BCUT2D eigenvalue weighted by Crippen LogP contribution is -2.37. The van der Waals surface area contributed by atoms with E-state index in [0.717, 1.165) is 17.7 Å². The van der Waals surface area contributed by atoms with Gasteiger partial charge in [-0.3, -0.25) is 0 Å². The molecule has 0 saturated heterocycles. The van der Waals surface area contributed by atoms with Crippen LogP contribution in [0.25, 0.3) is 0 Å². The van der Waals surface area contributed by atoms with Crippen molar-refractivity contribution in [1.29, 1.82) is 0 Å². The number of alkyl halides is 1. The van der Waals surface area contributed by atoms with Crippen molar-refractivity contribution < 1.29 is 4.74 Å². The predicted octanol–water partition coefficient (Wildman–Crippen LogP) is 5.88. The second kappa shape index (κ2) is 6.51. The van der Waals surface area contributed by atoms with Crippen molar-refractivity contribution in [2.45, 2.75) is 58.8 Å². The normalized spacial score (nSPS) is 17.4. The highest BCUT2D eigenvalue weighted by atomic mass is 79.9. The first-order chi connectivity index (χ1) is 9.49. The maximum absolute atomic E-state index is 6.36. The summed E-state index contributed by atoms with van der Waals surface area (Å²) in [5, 5.41) is 1.06. The van der Waals surface area contributed by atoms with Crippen LogP contribution in [0.15, 0.2) is 18.2 Å². The van der Waals surface area contributed by atoms with E-state index in [1.807, 2.05) is 0 Å². The van der Waals surface area contributed by atoms with Gasteiger partial charge in [0.2, 0.25) is 0 Å². The second-order valence-corrected chi connectivity index (χ2v) is 7.41. The molecule has 1 aromatic carbocycles. The first-order valence-corrected chi connectivity index (χ1v) is 8.93. The molecule has 0 radical (unpaired) electrons. The third-order valence-electron chi connectivity index (χ3n) is 4.54. The number of hydrogen-bond donors (Lipinski definition) is 0. The highest BCUT2D eigenvalue weighted by molar-refractivity contribution is 9.09. The number of hydrogen-bond acceptors (Lipinski definition) is 1. The number of rotatable bonds is 6. The molecule has 1 aromatic rings. The first-order valence-electron chi connectivity index (χ1n) is 7.81. The van der Waals surface area contributed by atoms with Crippen LogP contribution < -0.4 is 4.74 Å². The lowest BCUT2D eigenvalue weighted by Gasteiger charge is -2.40. The van der Waals surface area contributed by atoms with E-state index in [1.54, 1.807) is 0 Å². The molecule has 0 aromatic heterocycles. The van der Waals surface area contributed by atoms with E-state index in [4.69, 9.17) is 4.74 Å². The minimum Gasteiger partial charge on any atom is -0.492 e. The third kappa shape index (κ3) is 3.21. The summed E-state index contributed by atoms with van der Waals surface area (Å²) in [6, 6.07) is 6.60. The molecule has 112 valence electrons. The van der Waals surface area contributed by atoms with Crippen LogP contribution in [0.1, 0.15) is 69.9 Å². The molecule has 0 amide bonds. The van der Waals surface area contributed by atoms with E-state index in [1.165, 1.54) is 30.4 Å². The van der Waals surface area contributed by atoms with Gasteiger partial charge in [0.25, 0.3) is 0 Å². The summed E-state index contributed by atoms with van der Waals surface area (Å²) < 4.78 is 6.36. The van der Waals surface area contributed by atoms with Crippen LogP contribution in [0.5, 0.6) is 5.75 Å². The van der Waals surface area contributed by atoms with E-state index in [0.29, 0.717) is 17.3 Å². The molecule has 1 saturated carbocycles. The minimum absolute atomic E-state index is 0.373. The van der Waals surface area contributed by atoms with Gasteiger partial charge in [-0.1, -0.05) is 68.2 Å². The van der Waals surface area contributed by atoms with Crippen LogP contribution in [-0.4, -0.2) is 11.9 Å². The van der Waals surface area contributed by atoms with Crippen molar-refractivity contribution in [3.8, 4) is 5.75 Å². The van der Waals surface area contributed by atoms with E-state index in [9.17, 15) is 0 Å². The zero-order valence-corrected chi connectivity index (χ0v) is 14.8. The van der Waals surface area contributed by atoms with Gasteiger partial charge in [0, 0.05) is 10.7 Å². The Labute approximate surface area is 132 Å². The monoisotopic (exact) mass is 338 g/mol. The Balaban J connectivity index is 2.24. The summed E-state index contributed by atoms with van der Waals surface area (Å²) in [5.41, 5.74) is 3.07. The van der Waals surface area contributed by atoms with Crippen molar-refractivity contribution in [3.63, 3.8) is 0 Å². The van der Waals surface area contributed by atoms with Gasteiger partial charge in [0.1, 0.15) is 5.75 Å². The van der Waals surface area contributed by atoms with E-state index < -0.39 is 0 Å². The average molecular weight is 339 g/mol. The fourth-order valence-electron chi connectivity index (χ4n) is 2.87. The Bertz CT molecular complexity index is 415.